The van der Waals surface area contributed by atoms with Crippen LogP contribution in [-0.4, -0.2) is 28.1 Å². The number of aromatic nitrogens is 2. The van der Waals surface area contributed by atoms with Crippen LogP contribution in [0.5, 0.6) is 11.5 Å². The highest BCUT2D eigenvalue weighted by molar-refractivity contribution is 9.10. The Hall–Kier alpha value is -1.53. The first-order valence-corrected chi connectivity index (χ1v) is 6.71. The predicted octanol–water partition coefficient (Wildman–Crippen LogP) is 2.04. The zero-order valence-corrected chi connectivity index (χ0v) is 11.9. The average molecular weight is 325 g/mol. The molecule has 2 heterocycles. The molecule has 1 aliphatic rings. The van der Waals surface area contributed by atoms with Gasteiger partial charge >= 0.3 is 0 Å². The number of halogens is 1. The van der Waals surface area contributed by atoms with Crippen LogP contribution in [0.1, 0.15) is 17.4 Å². The highest BCUT2D eigenvalue weighted by atomic mass is 79.9. The maximum atomic E-state index is 10.5. The largest absolute Gasteiger partial charge is 0.486 e. The van der Waals surface area contributed by atoms with E-state index < -0.39 is 6.10 Å². The van der Waals surface area contributed by atoms with E-state index in [1.165, 1.54) is 0 Å². The lowest BCUT2D eigenvalue weighted by molar-refractivity contribution is 0.169. The number of fused-ring (bicyclic) bond motifs is 1. The zero-order valence-electron chi connectivity index (χ0n) is 10.3. The van der Waals surface area contributed by atoms with Crippen LogP contribution in [0, 0.1) is 0 Å². The second-order valence-corrected chi connectivity index (χ2v) is 5.16. The zero-order chi connectivity index (χ0) is 13.4. The van der Waals surface area contributed by atoms with Crippen LogP contribution in [-0.2, 0) is 7.05 Å². The van der Waals surface area contributed by atoms with Gasteiger partial charge in [-0.25, -0.2) is 0 Å². The van der Waals surface area contributed by atoms with Crippen molar-refractivity contribution in [1.29, 1.82) is 0 Å². The molecule has 0 fully saturated rings. The van der Waals surface area contributed by atoms with Crippen molar-refractivity contribution in [3.8, 4) is 11.5 Å². The smallest absolute Gasteiger partial charge is 0.161 e. The Morgan fingerprint density at radius 3 is 2.74 bits per heavy atom. The van der Waals surface area contributed by atoms with Gasteiger partial charge in [0.2, 0.25) is 0 Å². The van der Waals surface area contributed by atoms with Crippen molar-refractivity contribution in [3.63, 3.8) is 0 Å². The Kier molecular flexibility index (Phi) is 3.20. The summed E-state index contributed by atoms with van der Waals surface area (Å²) in [5, 5.41) is 14.6. The lowest BCUT2D eigenvalue weighted by atomic mass is 10.1. The summed E-state index contributed by atoms with van der Waals surface area (Å²) in [6, 6.07) is 5.45. The topological polar surface area (TPSA) is 56.5 Å². The summed E-state index contributed by atoms with van der Waals surface area (Å²) >= 11 is 3.39. The third kappa shape index (κ3) is 2.21. The van der Waals surface area contributed by atoms with E-state index in [1.54, 1.807) is 24.0 Å². The number of hydrogen-bond acceptors (Lipinski definition) is 4. The number of benzene rings is 1. The number of aliphatic hydroxyl groups is 1. The Bertz CT molecular complexity index is 592. The number of nitrogens with zero attached hydrogens (tertiary/aromatic N) is 2. The van der Waals surface area contributed by atoms with Crippen LogP contribution in [0.25, 0.3) is 0 Å². The Morgan fingerprint density at radius 1 is 1.32 bits per heavy atom. The summed E-state index contributed by atoms with van der Waals surface area (Å²) in [7, 11) is 1.79. The third-order valence-electron chi connectivity index (χ3n) is 3.08. The van der Waals surface area contributed by atoms with Crippen LogP contribution >= 0.6 is 15.9 Å². The van der Waals surface area contributed by atoms with Crippen LogP contribution < -0.4 is 9.47 Å². The number of ether oxygens (including phenoxy) is 2. The summed E-state index contributed by atoms with van der Waals surface area (Å²) in [6.45, 7) is 1.09. The molecule has 0 bridgehead atoms. The lowest BCUT2D eigenvalue weighted by Gasteiger charge is -2.20. The number of aryl methyl sites for hydroxylation is 1. The highest BCUT2D eigenvalue weighted by Gasteiger charge is 2.21. The summed E-state index contributed by atoms with van der Waals surface area (Å²) in [5.74, 6) is 1.38. The molecule has 0 spiro atoms. The molecule has 0 amide bonds. The molecule has 1 atom stereocenters. The third-order valence-corrected chi connectivity index (χ3v) is 3.69. The summed E-state index contributed by atoms with van der Waals surface area (Å²) < 4.78 is 13.4. The monoisotopic (exact) mass is 324 g/mol. The molecule has 1 N–H and O–H groups in total. The van der Waals surface area contributed by atoms with Crippen molar-refractivity contribution < 1.29 is 14.6 Å². The fourth-order valence-electron chi connectivity index (χ4n) is 2.12. The van der Waals surface area contributed by atoms with E-state index in [4.69, 9.17) is 9.47 Å². The van der Waals surface area contributed by atoms with Crippen molar-refractivity contribution in [2.24, 2.45) is 7.05 Å². The second kappa shape index (κ2) is 4.86. The van der Waals surface area contributed by atoms with E-state index in [-0.39, 0.29) is 0 Å². The van der Waals surface area contributed by atoms with Crippen LogP contribution in [0.2, 0.25) is 0 Å². The molecule has 3 rings (SSSR count). The van der Waals surface area contributed by atoms with Crippen molar-refractivity contribution in [1.82, 2.24) is 9.78 Å². The van der Waals surface area contributed by atoms with Gasteiger partial charge in [-0.05, 0) is 33.6 Å². The number of rotatable bonds is 2. The molecule has 0 saturated heterocycles. The van der Waals surface area contributed by atoms with E-state index in [1.807, 2.05) is 12.1 Å². The van der Waals surface area contributed by atoms with E-state index in [0.29, 0.717) is 30.4 Å². The molecule has 100 valence electrons. The number of aliphatic hydroxyl groups excluding tert-OH is 1. The van der Waals surface area contributed by atoms with Crippen molar-refractivity contribution >= 4 is 15.9 Å². The molecule has 0 aliphatic carbocycles. The SMILES string of the molecule is Cn1ncc(Br)c1C(O)c1ccc2c(c1)OCCO2. The second-order valence-electron chi connectivity index (χ2n) is 4.31. The molecule has 1 aliphatic heterocycles. The first-order valence-electron chi connectivity index (χ1n) is 5.92. The minimum absolute atomic E-state index is 0.530. The Balaban J connectivity index is 1.98. The van der Waals surface area contributed by atoms with Gasteiger partial charge in [-0.2, -0.15) is 5.10 Å². The van der Waals surface area contributed by atoms with Gasteiger partial charge in [-0.1, -0.05) is 6.07 Å². The molecule has 1 unspecified atom stereocenters. The summed E-state index contributed by atoms with van der Waals surface area (Å²) in [6.07, 6.45) is 0.897. The molecule has 1 aromatic carbocycles. The van der Waals surface area contributed by atoms with Crippen LogP contribution in [0.15, 0.2) is 28.9 Å². The molecule has 6 heteroatoms. The molecule has 1 aromatic heterocycles. The number of hydrogen-bond donors (Lipinski definition) is 1. The van der Waals surface area contributed by atoms with Gasteiger partial charge in [0.05, 0.1) is 16.4 Å². The minimum Gasteiger partial charge on any atom is -0.486 e. The standard InChI is InChI=1S/C13H13BrN2O3/c1-16-12(9(14)7-15-16)13(17)8-2-3-10-11(6-8)19-5-4-18-10/h2-3,6-7,13,17H,4-5H2,1H3. The van der Waals surface area contributed by atoms with E-state index in [0.717, 1.165) is 10.0 Å². The maximum Gasteiger partial charge on any atom is 0.161 e. The molecule has 5 nitrogen and oxygen atoms in total. The van der Waals surface area contributed by atoms with Gasteiger partial charge in [0.1, 0.15) is 19.3 Å². The van der Waals surface area contributed by atoms with E-state index >= 15 is 0 Å². The summed E-state index contributed by atoms with van der Waals surface area (Å²) in [4.78, 5) is 0. The average Bonchev–Trinajstić information content (AvgIpc) is 2.77. The Labute approximate surface area is 118 Å². The molecule has 19 heavy (non-hydrogen) atoms. The fraction of sp³-hybridized carbons (Fsp3) is 0.308. The lowest BCUT2D eigenvalue weighted by Crippen LogP contribution is -2.16. The Morgan fingerprint density at radius 2 is 2.05 bits per heavy atom. The van der Waals surface area contributed by atoms with Gasteiger partial charge in [0.25, 0.3) is 0 Å². The highest BCUT2D eigenvalue weighted by Crippen LogP contribution is 2.35. The van der Waals surface area contributed by atoms with Crippen molar-refractivity contribution in [2.75, 3.05) is 13.2 Å². The first-order chi connectivity index (χ1) is 9.16. The van der Waals surface area contributed by atoms with Gasteiger partial charge in [-0.15, -0.1) is 0 Å². The van der Waals surface area contributed by atoms with Crippen LogP contribution in [0.3, 0.4) is 0 Å². The van der Waals surface area contributed by atoms with Gasteiger partial charge in [0, 0.05) is 7.05 Å². The van der Waals surface area contributed by atoms with Crippen LogP contribution in [0.4, 0.5) is 0 Å². The van der Waals surface area contributed by atoms with Gasteiger partial charge < -0.3 is 14.6 Å². The quantitative estimate of drug-likeness (QED) is 0.918. The molecular formula is C13H13BrN2O3. The fourth-order valence-corrected chi connectivity index (χ4v) is 2.68. The van der Waals surface area contributed by atoms with Gasteiger partial charge in [0.15, 0.2) is 11.5 Å². The van der Waals surface area contributed by atoms with E-state index in [9.17, 15) is 5.11 Å². The van der Waals surface area contributed by atoms with Crippen molar-refractivity contribution in [3.05, 3.63) is 40.1 Å². The summed E-state index contributed by atoms with van der Waals surface area (Å²) in [5.41, 5.74) is 1.45. The molecular weight excluding hydrogens is 312 g/mol. The maximum absolute atomic E-state index is 10.5. The first kappa shape index (κ1) is 12.5. The predicted molar refractivity (Wildman–Crippen MR) is 72.4 cm³/mol. The van der Waals surface area contributed by atoms with Gasteiger partial charge in [-0.3, -0.25) is 4.68 Å². The molecule has 0 saturated carbocycles. The molecule has 2 aromatic rings. The molecule has 0 radical (unpaired) electrons. The normalized spacial score (nSPS) is 15.3. The minimum atomic E-state index is -0.766. The van der Waals surface area contributed by atoms with E-state index in [2.05, 4.69) is 21.0 Å². The van der Waals surface area contributed by atoms with Crippen molar-refractivity contribution in [2.45, 2.75) is 6.10 Å².